The SMILES string of the molecule is CCC(CC)(CN)C(=O)Nc1ccc(CC(=O)N2CCc3ccccc32)cc1. The first-order valence-electron chi connectivity index (χ1n) is 10.0. The van der Waals surface area contributed by atoms with E-state index in [1.165, 1.54) is 5.56 Å². The van der Waals surface area contributed by atoms with E-state index in [1.807, 2.05) is 61.2 Å². The van der Waals surface area contributed by atoms with Crippen LogP contribution in [-0.4, -0.2) is 24.9 Å². The van der Waals surface area contributed by atoms with Crippen LogP contribution in [0.3, 0.4) is 0 Å². The van der Waals surface area contributed by atoms with E-state index in [0.29, 0.717) is 25.8 Å². The molecule has 0 bridgehead atoms. The third-order valence-electron chi connectivity index (χ3n) is 5.98. The smallest absolute Gasteiger partial charge is 0.231 e. The molecule has 0 atom stereocenters. The monoisotopic (exact) mass is 379 g/mol. The highest BCUT2D eigenvalue weighted by molar-refractivity contribution is 5.97. The van der Waals surface area contributed by atoms with Crippen molar-refractivity contribution >= 4 is 23.2 Å². The van der Waals surface area contributed by atoms with Gasteiger partial charge in [-0.25, -0.2) is 0 Å². The molecule has 148 valence electrons. The second kappa shape index (κ2) is 8.57. The van der Waals surface area contributed by atoms with E-state index in [-0.39, 0.29) is 11.8 Å². The predicted molar refractivity (Wildman–Crippen MR) is 113 cm³/mol. The van der Waals surface area contributed by atoms with Gasteiger partial charge in [-0.1, -0.05) is 44.2 Å². The van der Waals surface area contributed by atoms with Crippen LogP contribution in [0.1, 0.15) is 37.8 Å². The quantitative estimate of drug-likeness (QED) is 0.773. The molecular formula is C23H29N3O2. The number of anilines is 2. The third kappa shape index (κ3) is 3.94. The summed E-state index contributed by atoms with van der Waals surface area (Å²) in [5.41, 5.74) is 9.23. The highest BCUT2D eigenvalue weighted by Gasteiger charge is 2.33. The van der Waals surface area contributed by atoms with Crippen LogP contribution in [0.4, 0.5) is 11.4 Å². The number of fused-ring (bicyclic) bond motifs is 1. The van der Waals surface area contributed by atoms with Gasteiger partial charge < -0.3 is 16.0 Å². The van der Waals surface area contributed by atoms with Gasteiger partial charge in [0.15, 0.2) is 0 Å². The summed E-state index contributed by atoms with van der Waals surface area (Å²) in [6, 6.07) is 15.6. The molecule has 0 saturated carbocycles. The molecule has 3 N–H and O–H groups in total. The first-order valence-corrected chi connectivity index (χ1v) is 10.0. The fraction of sp³-hybridized carbons (Fsp3) is 0.391. The van der Waals surface area contributed by atoms with Crippen LogP contribution in [0.5, 0.6) is 0 Å². The number of amides is 2. The lowest BCUT2D eigenvalue weighted by Gasteiger charge is -2.28. The van der Waals surface area contributed by atoms with E-state index in [9.17, 15) is 9.59 Å². The number of nitrogens with two attached hydrogens (primary N) is 1. The molecule has 5 nitrogen and oxygen atoms in total. The van der Waals surface area contributed by atoms with Crippen molar-refractivity contribution in [3.63, 3.8) is 0 Å². The molecule has 0 fully saturated rings. The summed E-state index contributed by atoms with van der Waals surface area (Å²) in [6.07, 6.45) is 2.66. The Morgan fingerprint density at radius 3 is 2.39 bits per heavy atom. The highest BCUT2D eigenvalue weighted by atomic mass is 16.2. The van der Waals surface area contributed by atoms with Crippen LogP contribution in [0.15, 0.2) is 48.5 Å². The maximum atomic E-state index is 12.7. The molecule has 2 aromatic carbocycles. The van der Waals surface area contributed by atoms with Gasteiger partial charge in [0, 0.05) is 24.5 Å². The van der Waals surface area contributed by atoms with Crippen LogP contribution in [-0.2, 0) is 22.4 Å². The van der Waals surface area contributed by atoms with E-state index < -0.39 is 5.41 Å². The lowest BCUT2D eigenvalue weighted by atomic mass is 9.81. The van der Waals surface area contributed by atoms with E-state index in [0.717, 1.165) is 29.9 Å². The topological polar surface area (TPSA) is 75.4 Å². The van der Waals surface area contributed by atoms with Gasteiger partial charge in [-0.3, -0.25) is 9.59 Å². The van der Waals surface area contributed by atoms with Crippen LogP contribution < -0.4 is 16.0 Å². The first-order chi connectivity index (χ1) is 13.5. The molecule has 1 heterocycles. The summed E-state index contributed by atoms with van der Waals surface area (Å²) in [5, 5.41) is 2.97. The van der Waals surface area contributed by atoms with Crippen LogP contribution in [0, 0.1) is 5.41 Å². The average molecular weight is 380 g/mol. The first kappa shape index (κ1) is 20.1. The molecule has 1 aliphatic rings. The van der Waals surface area contributed by atoms with Crippen molar-refractivity contribution in [2.24, 2.45) is 11.1 Å². The minimum absolute atomic E-state index is 0.0440. The zero-order chi connectivity index (χ0) is 20.1. The molecule has 1 aliphatic heterocycles. The number of benzene rings is 2. The Kier molecular flexibility index (Phi) is 6.15. The molecule has 0 aromatic heterocycles. The number of rotatable bonds is 7. The van der Waals surface area contributed by atoms with E-state index in [2.05, 4.69) is 11.4 Å². The zero-order valence-electron chi connectivity index (χ0n) is 16.7. The average Bonchev–Trinajstić information content (AvgIpc) is 3.15. The minimum Gasteiger partial charge on any atom is -0.329 e. The number of hydrogen-bond acceptors (Lipinski definition) is 3. The molecule has 2 aromatic rings. The molecule has 0 aliphatic carbocycles. The number of carbonyl (C=O) groups excluding carboxylic acids is 2. The zero-order valence-corrected chi connectivity index (χ0v) is 16.7. The van der Waals surface area contributed by atoms with Crippen molar-refractivity contribution < 1.29 is 9.59 Å². The van der Waals surface area contributed by atoms with Crippen LogP contribution in [0.25, 0.3) is 0 Å². The summed E-state index contributed by atoms with van der Waals surface area (Å²) in [6.45, 7) is 5.04. The van der Waals surface area contributed by atoms with Crippen molar-refractivity contribution in [3.05, 3.63) is 59.7 Å². The van der Waals surface area contributed by atoms with E-state index >= 15 is 0 Å². The molecule has 0 saturated heterocycles. The molecule has 0 radical (unpaired) electrons. The van der Waals surface area contributed by atoms with Gasteiger partial charge in [-0.2, -0.15) is 0 Å². The van der Waals surface area contributed by atoms with Crippen molar-refractivity contribution in [1.82, 2.24) is 0 Å². The van der Waals surface area contributed by atoms with Crippen LogP contribution >= 0.6 is 0 Å². The largest absolute Gasteiger partial charge is 0.329 e. The van der Waals surface area contributed by atoms with Crippen molar-refractivity contribution in [2.45, 2.75) is 39.5 Å². The Bertz CT molecular complexity index is 833. The summed E-state index contributed by atoms with van der Waals surface area (Å²) in [5.74, 6) is 0.0540. The summed E-state index contributed by atoms with van der Waals surface area (Å²) < 4.78 is 0. The molecule has 5 heteroatoms. The Balaban J connectivity index is 1.64. The maximum Gasteiger partial charge on any atom is 0.231 e. The lowest BCUT2D eigenvalue weighted by molar-refractivity contribution is -0.125. The Morgan fingerprint density at radius 2 is 1.75 bits per heavy atom. The van der Waals surface area contributed by atoms with Gasteiger partial charge in [0.1, 0.15) is 0 Å². The molecule has 28 heavy (non-hydrogen) atoms. The minimum atomic E-state index is -0.530. The number of para-hydroxylation sites is 1. The maximum absolute atomic E-state index is 12.7. The Morgan fingerprint density at radius 1 is 1.07 bits per heavy atom. The molecule has 2 amide bonds. The van der Waals surface area contributed by atoms with Crippen LogP contribution in [0.2, 0.25) is 0 Å². The van der Waals surface area contributed by atoms with Crippen molar-refractivity contribution in [1.29, 1.82) is 0 Å². The van der Waals surface area contributed by atoms with Gasteiger partial charge in [-0.05, 0) is 48.6 Å². The van der Waals surface area contributed by atoms with Gasteiger partial charge in [0.2, 0.25) is 11.8 Å². The predicted octanol–water partition coefficient (Wildman–Crippen LogP) is 3.52. The van der Waals surface area contributed by atoms with E-state index in [1.54, 1.807) is 0 Å². The molecule has 3 rings (SSSR count). The Hall–Kier alpha value is -2.66. The number of carbonyl (C=O) groups is 2. The fourth-order valence-electron chi connectivity index (χ4n) is 3.79. The van der Waals surface area contributed by atoms with Gasteiger partial charge >= 0.3 is 0 Å². The summed E-state index contributed by atoms with van der Waals surface area (Å²) >= 11 is 0. The van der Waals surface area contributed by atoms with Gasteiger partial charge in [0.05, 0.1) is 11.8 Å². The number of nitrogens with zero attached hydrogens (tertiary/aromatic N) is 1. The molecular weight excluding hydrogens is 350 g/mol. The fourth-order valence-corrected chi connectivity index (χ4v) is 3.79. The standard InChI is InChI=1S/C23H29N3O2/c1-3-23(4-2,16-24)22(28)25-19-11-9-17(10-12-19)15-21(27)26-14-13-18-7-5-6-8-20(18)26/h5-12H,3-4,13-16,24H2,1-2H3,(H,25,28). The summed E-state index contributed by atoms with van der Waals surface area (Å²) in [4.78, 5) is 27.2. The lowest BCUT2D eigenvalue weighted by Crippen LogP contribution is -2.41. The van der Waals surface area contributed by atoms with Gasteiger partial charge in [0.25, 0.3) is 0 Å². The molecule has 0 unspecified atom stereocenters. The third-order valence-corrected chi connectivity index (χ3v) is 5.98. The Labute approximate surface area is 166 Å². The van der Waals surface area contributed by atoms with Crippen molar-refractivity contribution in [3.8, 4) is 0 Å². The second-order valence-electron chi connectivity index (χ2n) is 7.44. The van der Waals surface area contributed by atoms with Gasteiger partial charge in [-0.15, -0.1) is 0 Å². The highest BCUT2D eigenvalue weighted by Crippen LogP contribution is 2.29. The number of nitrogens with one attached hydrogen (secondary N) is 1. The second-order valence-corrected chi connectivity index (χ2v) is 7.44. The normalized spacial score (nSPS) is 13.3. The molecule has 0 spiro atoms. The van der Waals surface area contributed by atoms with E-state index in [4.69, 9.17) is 5.73 Å². The number of hydrogen-bond donors (Lipinski definition) is 2. The summed E-state index contributed by atoms with van der Waals surface area (Å²) in [7, 11) is 0. The van der Waals surface area contributed by atoms with Crippen molar-refractivity contribution in [2.75, 3.05) is 23.3 Å².